The van der Waals surface area contributed by atoms with Crippen molar-refractivity contribution in [1.29, 1.82) is 0 Å². The van der Waals surface area contributed by atoms with E-state index in [0.717, 1.165) is 16.9 Å². The summed E-state index contributed by atoms with van der Waals surface area (Å²) in [4.78, 5) is 13.8. The minimum atomic E-state index is -0.299. The normalized spacial score (nSPS) is 16.5. The van der Waals surface area contributed by atoms with Gasteiger partial charge in [0.1, 0.15) is 0 Å². The number of methoxy groups -OCH3 is 1. The van der Waals surface area contributed by atoms with Crippen molar-refractivity contribution in [2.24, 2.45) is 0 Å². The minimum absolute atomic E-state index is 0.181. The molecule has 0 radical (unpaired) electrons. The van der Waals surface area contributed by atoms with Crippen molar-refractivity contribution in [1.82, 2.24) is 0 Å². The Kier molecular flexibility index (Phi) is 4.50. The van der Waals surface area contributed by atoms with Gasteiger partial charge in [0, 0.05) is 22.0 Å². The molecule has 2 aromatic carbocycles. The molecular weight excluding hydrogens is 332 g/mol. The Morgan fingerprint density at radius 2 is 2.04 bits per heavy atom. The SMILES string of the molecule is COC(=O)CC1c2cc(Cl)ccc2NC(=S)N1c1ccccc1. The van der Waals surface area contributed by atoms with Crippen molar-refractivity contribution in [2.45, 2.75) is 12.5 Å². The zero-order valence-electron chi connectivity index (χ0n) is 12.5. The molecule has 23 heavy (non-hydrogen) atoms. The molecule has 1 aliphatic heterocycles. The maximum Gasteiger partial charge on any atom is 0.307 e. The summed E-state index contributed by atoms with van der Waals surface area (Å²) in [6.07, 6.45) is 0.181. The lowest BCUT2D eigenvalue weighted by atomic mass is 9.97. The van der Waals surface area contributed by atoms with Gasteiger partial charge in [-0.15, -0.1) is 0 Å². The molecule has 1 N–H and O–H groups in total. The predicted octanol–water partition coefficient (Wildman–Crippen LogP) is 4.16. The van der Waals surface area contributed by atoms with Gasteiger partial charge in [-0.3, -0.25) is 4.79 Å². The van der Waals surface area contributed by atoms with E-state index in [1.807, 2.05) is 47.4 Å². The molecule has 0 bridgehead atoms. The summed E-state index contributed by atoms with van der Waals surface area (Å²) in [6, 6.07) is 15.0. The van der Waals surface area contributed by atoms with Crippen LogP contribution in [-0.4, -0.2) is 18.2 Å². The molecule has 0 spiro atoms. The van der Waals surface area contributed by atoms with Crippen molar-refractivity contribution < 1.29 is 9.53 Å². The second kappa shape index (κ2) is 6.56. The Bertz CT molecular complexity index is 752. The Morgan fingerprint density at radius 1 is 1.30 bits per heavy atom. The quantitative estimate of drug-likeness (QED) is 0.667. The topological polar surface area (TPSA) is 41.6 Å². The first-order valence-corrected chi connectivity index (χ1v) is 7.90. The van der Waals surface area contributed by atoms with Gasteiger partial charge in [0.2, 0.25) is 0 Å². The molecule has 0 aliphatic carbocycles. The molecule has 0 saturated heterocycles. The number of benzene rings is 2. The molecule has 3 rings (SSSR count). The summed E-state index contributed by atoms with van der Waals surface area (Å²) in [5.41, 5.74) is 2.69. The Balaban J connectivity index is 2.10. The highest BCUT2D eigenvalue weighted by atomic mass is 35.5. The summed E-state index contributed by atoms with van der Waals surface area (Å²) >= 11 is 11.7. The van der Waals surface area contributed by atoms with Crippen molar-refractivity contribution in [3.8, 4) is 0 Å². The van der Waals surface area contributed by atoms with Gasteiger partial charge in [0.15, 0.2) is 5.11 Å². The highest BCUT2D eigenvalue weighted by Crippen LogP contribution is 2.39. The number of carbonyl (C=O) groups is 1. The van der Waals surface area contributed by atoms with E-state index in [1.54, 1.807) is 6.07 Å². The number of anilines is 2. The van der Waals surface area contributed by atoms with Crippen LogP contribution in [0.25, 0.3) is 0 Å². The Labute approximate surface area is 145 Å². The molecule has 0 aromatic heterocycles. The number of nitrogens with one attached hydrogen (secondary N) is 1. The Hall–Kier alpha value is -2.11. The predicted molar refractivity (Wildman–Crippen MR) is 96.0 cm³/mol. The van der Waals surface area contributed by atoms with Gasteiger partial charge in [0.05, 0.1) is 19.6 Å². The molecule has 1 aliphatic rings. The Morgan fingerprint density at radius 3 is 2.74 bits per heavy atom. The number of halogens is 1. The van der Waals surface area contributed by atoms with Gasteiger partial charge in [0.25, 0.3) is 0 Å². The molecule has 0 fully saturated rings. The average Bonchev–Trinajstić information content (AvgIpc) is 2.56. The monoisotopic (exact) mass is 346 g/mol. The van der Waals surface area contributed by atoms with Crippen LogP contribution in [0.2, 0.25) is 5.02 Å². The van der Waals surface area contributed by atoms with E-state index in [-0.39, 0.29) is 18.4 Å². The van der Waals surface area contributed by atoms with E-state index in [0.29, 0.717) is 10.1 Å². The number of esters is 1. The average molecular weight is 347 g/mol. The number of thiocarbonyl (C=S) groups is 1. The maximum atomic E-state index is 11.9. The largest absolute Gasteiger partial charge is 0.469 e. The number of fused-ring (bicyclic) bond motifs is 1. The maximum absolute atomic E-state index is 11.9. The second-order valence-corrected chi connectivity index (χ2v) is 5.99. The van der Waals surface area contributed by atoms with Gasteiger partial charge in [-0.25, -0.2) is 0 Å². The zero-order valence-corrected chi connectivity index (χ0v) is 14.0. The van der Waals surface area contributed by atoms with Crippen LogP contribution in [0, 0.1) is 0 Å². The number of carbonyl (C=O) groups excluding carboxylic acids is 1. The third-order valence-electron chi connectivity index (χ3n) is 3.77. The first-order chi connectivity index (χ1) is 11.1. The van der Waals surface area contributed by atoms with Crippen LogP contribution in [0.5, 0.6) is 0 Å². The van der Waals surface area contributed by atoms with Gasteiger partial charge < -0.3 is 15.0 Å². The molecule has 118 valence electrons. The van der Waals surface area contributed by atoms with Crippen molar-refractivity contribution in [3.63, 3.8) is 0 Å². The van der Waals surface area contributed by atoms with Crippen LogP contribution >= 0.6 is 23.8 Å². The highest BCUT2D eigenvalue weighted by Gasteiger charge is 2.33. The van der Waals surface area contributed by atoms with Crippen LogP contribution < -0.4 is 10.2 Å². The van der Waals surface area contributed by atoms with E-state index in [1.165, 1.54) is 7.11 Å². The number of ether oxygens (including phenoxy) is 1. The summed E-state index contributed by atoms with van der Waals surface area (Å²) < 4.78 is 4.86. The third-order valence-corrected chi connectivity index (χ3v) is 4.30. The molecular formula is C17H15ClN2O2S. The van der Waals surface area contributed by atoms with Crippen molar-refractivity contribution in [3.05, 3.63) is 59.1 Å². The fraction of sp³-hybridized carbons (Fsp3) is 0.176. The molecule has 2 aromatic rings. The summed E-state index contributed by atoms with van der Waals surface area (Å²) in [5.74, 6) is -0.299. The van der Waals surface area contributed by atoms with Crippen molar-refractivity contribution >= 4 is 46.3 Å². The smallest absolute Gasteiger partial charge is 0.307 e. The first-order valence-electron chi connectivity index (χ1n) is 7.11. The fourth-order valence-electron chi connectivity index (χ4n) is 2.71. The first kappa shape index (κ1) is 15.8. The molecule has 0 amide bonds. The van der Waals surface area contributed by atoms with Gasteiger partial charge >= 0.3 is 5.97 Å². The van der Waals surface area contributed by atoms with Gasteiger partial charge in [-0.2, -0.15) is 0 Å². The number of rotatable bonds is 3. The minimum Gasteiger partial charge on any atom is -0.469 e. The summed E-state index contributed by atoms with van der Waals surface area (Å²) in [6.45, 7) is 0. The standard InChI is InChI=1S/C17H15ClN2O2S/c1-22-16(21)10-15-13-9-11(18)7-8-14(13)19-17(23)20(15)12-5-3-2-4-6-12/h2-9,15H,10H2,1H3,(H,19,23). The van der Waals surface area contributed by atoms with E-state index in [9.17, 15) is 4.79 Å². The zero-order chi connectivity index (χ0) is 16.4. The molecule has 1 unspecified atom stereocenters. The highest BCUT2D eigenvalue weighted by molar-refractivity contribution is 7.80. The van der Waals surface area contributed by atoms with Gasteiger partial charge in [-0.05, 0) is 42.5 Å². The number of hydrogen-bond acceptors (Lipinski definition) is 3. The molecule has 1 atom stereocenters. The van der Waals surface area contributed by atoms with Crippen LogP contribution in [-0.2, 0) is 9.53 Å². The second-order valence-electron chi connectivity index (χ2n) is 5.16. The summed E-state index contributed by atoms with van der Waals surface area (Å²) in [5, 5.41) is 4.36. The fourth-order valence-corrected chi connectivity index (χ4v) is 3.23. The molecule has 4 nitrogen and oxygen atoms in total. The van der Waals surface area contributed by atoms with Crippen LogP contribution in [0.1, 0.15) is 18.0 Å². The summed E-state index contributed by atoms with van der Waals surface area (Å²) in [7, 11) is 1.38. The number of para-hydroxylation sites is 1. The van der Waals surface area contributed by atoms with Crippen LogP contribution in [0.15, 0.2) is 48.5 Å². The molecule has 1 heterocycles. The van der Waals surface area contributed by atoms with E-state index < -0.39 is 0 Å². The van der Waals surface area contributed by atoms with Crippen molar-refractivity contribution in [2.75, 3.05) is 17.3 Å². The van der Waals surface area contributed by atoms with Crippen LogP contribution in [0.4, 0.5) is 11.4 Å². The molecule has 0 saturated carbocycles. The van der Waals surface area contributed by atoms with Gasteiger partial charge in [-0.1, -0.05) is 29.8 Å². The number of hydrogen-bond donors (Lipinski definition) is 1. The van der Waals surface area contributed by atoms with Crippen LogP contribution in [0.3, 0.4) is 0 Å². The molecule has 6 heteroatoms. The third kappa shape index (κ3) is 3.16. The van der Waals surface area contributed by atoms with E-state index in [2.05, 4.69) is 5.32 Å². The lowest BCUT2D eigenvalue weighted by Gasteiger charge is -2.39. The number of nitrogens with zero attached hydrogens (tertiary/aromatic N) is 1. The lowest BCUT2D eigenvalue weighted by Crippen LogP contribution is -2.43. The lowest BCUT2D eigenvalue weighted by molar-refractivity contribution is -0.141. The van der Waals surface area contributed by atoms with E-state index in [4.69, 9.17) is 28.6 Å². The van der Waals surface area contributed by atoms with E-state index >= 15 is 0 Å².